The van der Waals surface area contributed by atoms with Crippen LogP contribution in [0.3, 0.4) is 0 Å². The summed E-state index contributed by atoms with van der Waals surface area (Å²) >= 11 is 0. The number of hydrogen-bond acceptors (Lipinski definition) is 6. The third-order valence-electron chi connectivity index (χ3n) is 3.25. The first-order valence-corrected chi connectivity index (χ1v) is 6.09. The number of rotatable bonds is 2. The van der Waals surface area contributed by atoms with Crippen LogP contribution < -0.4 is 11.0 Å². The molecule has 3 aliphatic heterocycles. The minimum atomic E-state index is -0.0643. The number of fused-ring (bicyclic) bond motifs is 2. The molecule has 98 valence electrons. The van der Waals surface area contributed by atoms with Crippen molar-refractivity contribution in [2.45, 2.75) is 44.6 Å². The number of aliphatic hydroxyl groups excluding tert-OH is 1. The minimum absolute atomic E-state index is 0.0643. The lowest BCUT2D eigenvalue weighted by molar-refractivity contribution is -0.132. The quantitative estimate of drug-likeness (QED) is 0.638. The topological polar surface area (TPSA) is 66.0 Å². The van der Waals surface area contributed by atoms with E-state index >= 15 is 0 Å². The van der Waals surface area contributed by atoms with Gasteiger partial charge in [-0.05, 0) is 19.3 Å². The van der Waals surface area contributed by atoms with Crippen molar-refractivity contribution in [3.05, 3.63) is 11.9 Å². The van der Waals surface area contributed by atoms with Crippen LogP contribution in [-0.4, -0.2) is 42.3 Å². The van der Waals surface area contributed by atoms with Gasteiger partial charge >= 0.3 is 0 Å². The lowest BCUT2D eigenvalue weighted by Gasteiger charge is -2.33. The molecule has 3 heterocycles. The molecule has 2 bridgehead atoms. The van der Waals surface area contributed by atoms with E-state index in [4.69, 9.17) is 14.6 Å². The molecule has 2 saturated heterocycles. The van der Waals surface area contributed by atoms with Gasteiger partial charge < -0.3 is 20.0 Å². The summed E-state index contributed by atoms with van der Waals surface area (Å²) in [5, 5.41) is 9.07. The highest BCUT2D eigenvalue weighted by Gasteiger charge is 2.41. The van der Waals surface area contributed by atoms with Crippen LogP contribution in [0.25, 0.3) is 0 Å². The second kappa shape index (κ2) is 5.68. The number of hydrogen-bond donors (Lipinski definition) is 3. The minimum Gasteiger partial charge on any atom is -0.400 e. The predicted molar refractivity (Wildman–Crippen MR) is 62.3 cm³/mol. The van der Waals surface area contributed by atoms with Crippen molar-refractivity contribution < 1.29 is 14.6 Å². The highest BCUT2D eigenvalue weighted by Crippen LogP contribution is 2.30. The van der Waals surface area contributed by atoms with Gasteiger partial charge in [0.2, 0.25) is 0 Å². The van der Waals surface area contributed by atoms with Crippen LogP contribution in [0.2, 0.25) is 0 Å². The number of allylic oxidation sites excluding steroid dienone is 1. The fourth-order valence-corrected chi connectivity index (χ4v) is 2.31. The fourth-order valence-electron chi connectivity index (χ4n) is 2.31. The van der Waals surface area contributed by atoms with Crippen LogP contribution in [0.1, 0.15) is 26.2 Å². The molecule has 2 fully saturated rings. The highest BCUT2D eigenvalue weighted by molar-refractivity contribution is 5.03. The smallest absolute Gasteiger partial charge is 0.179 e. The van der Waals surface area contributed by atoms with Crippen molar-refractivity contribution in [2.24, 2.45) is 0 Å². The molecule has 17 heavy (non-hydrogen) atoms. The van der Waals surface area contributed by atoms with Gasteiger partial charge in [0.25, 0.3) is 0 Å². The van der Waals surface area contributed by atoms with Gasteiger partial charge in [-0.25, -0.2) is 0 Å². The van der Waals surface area contributed by atoms with Crippen molar-refractivity contribution in [2.75, 3.05) is 13.7 Å². The van der Waals surface area contributed by atoms with Crippen LogP contribution in [0.5, 0.6) is 0 Å². The summed E-state index contributed by atoms with van der Waals surface area (Å²) in [5.41, 5.74) is 7.48. The van der Waals surface area contributed by atoms with E-state index in [2.05, 4.69) is 29.1 Å². The Kier molecular flexibility index (Phi) is 4.22. The van der Waals surface area contributed by atoms with Gasteiger partial charge in [-0.2, -0.15) is 0 Å². The largest absolute Gasteiger partial charge is 0.400 e. The molecule has 3 N–H and O–H groups in total. The Balaban J connectivity index is 0.000000514. The SMILES string of the molecule is CCC1=CN(C2CCC3COC2O3)NN1.CO. The molecule has 0 radical (unpaired) electrons. The van der Waals surface area contributed by atoms with Crippen LogP contribution >= 0.6 is 0 Å². The van der Waals surface area contributed by atoms with Crippen LogP contribution in [0.4, 0.5) is 0 Å². The first-order valence-electron chi connectivity index (χ1n) is 6.09. The summed E-state index contributed by atoms with van der Waals surface area (Å²) in [4.78, 5) is 0. The average Bonchev–Trinajstić information content (AvgIpc) is 3.00. The second-order valence-electron chi connectivity index (χ2n) is 4.26. The number of ether oxygens (including phenoxy) is 2. The molecule has 0 amide bonds. The summed E-state index contributed by atoms with van der Waals surface area (Å²) in [6, 6.07) is 0.292. The van der Waals surface area contributed by atoms with E-state index in [1.54, 1.807) is 0 Å². The maximum atomic E-state index is 7.00. The Hall–Kier alpha value is -0.820. The van der Waals surface area contributed by atoms with Crippen molar-refractivity contribution >= 4 is 0 Å². The molecular weight excluding hydrogens is 222 g/mol. The van der Waals surface area contributed by atoms with Gasteiger partial charge in [0.15, 0.2) is 6.29 Å². The average molecular weight is 243 g/mol. The maximum Gasteiger partial charge on any atom is 0.179 e. The van der Waals surface area contributed by atoms with E-state index in [-0.39, 0.29) is 6.29 Å². The van der Waals surface area contributed by atoms with E-state index in [1.165, 1.54) is 5.70 Å². The molecule has 3 atom stereocenters. The van der Waals surface area contributed by atoms with Gasteiger partial charge in [-0.15, -0.1) is 5.53 Å². The molecule has 0 aliphatic carbocycles. The highest BCUT2D eigenvalue weighted by atomic mass is 16.7. The van der Waals surface area contributed by atoms with E-state index < -0.39 is 0 Å². The van der Waals surface area contributed by atoms with Crippen molar-refractivity contribution in [1.29, 1.82) is 0 Å². The third-order valence-corrected chi connectivity index (χ3v) is 3.25. The zero-order valence-electron chi connectivity index (χ0n) is 10.3. The van der Waals surface area contributed by atoms with E-state index in [9.17, 15) is 0 Å². The Labute approximate surface area is 102 Å². The molecule has 0 spiro atoms. The Morgan fingerprint density at radius 2 is 2.29 bits per heavy atom. The van der Waals surface area contributed by atoms with Crippen LogP contribution in [0.15, 0.2) is 11.9 Å². The Morgan fingerprint density at radius 3 is 3.00 bits per heavy atom. The number of aliphatic hydroxyl groups is 1. The molecule has 3 aliphatic rings. The summed E-state index contributed by atoms with van der Waals surface area (Å²) in [5.74, 6) is 0. The molecule has 0 aromatic carbocycles. The number of nitrogens with one attached hydrogen (secondary N) is 2. The van der Waals surface area contributed by atoms with Crippen molar-refractivity contribution in [3.63, 3.8) is 0 Å². The summed E-state index contributed by atoms with van der Waals surface area (Å²) in [7, 11) is 1.00. The Bertz CT molecular complexity index is 285. The summed E-state index contributed by atoms with van der Waals surface area (Å²) in [6.45, 7) is 2.89. The van der Waals surface area contributed by atoms with Gasteiger partial charge in [0.1, 0.15) is 0 Å². The molecule has 0 saturated carbocycles. The van der Waals surface area contributed by atoms with Gasteiger partial charge in [0.05, 0.1) is 18.8 Å². The van der Waals surface area contributed by atoms with Crippen molar-refractivity contribution in [1.82, 2.24) is 16.0 Å². The molecule has 6 nitrogen and oxygen atoms in total. The lowest BCUT2D eigenvalue weighted by Crippen LogP contribution is -2.50. The molecule has 6 heteroatoms. The number of nitrogens with zero attached hydrogens (tertiary/aromatic N) is 1. The summed E-state index contributed by atoms with van der Waals surface area (Å²) < 4.78 is 11.3. The predicted octanol–water partition coefficient (Wildman–Crippen LogP) is 0.0750. The van der Waals surface area contributed by atoms with Gasteiger partial charge in [-0.1, -0.05) is 6.92 Å². The second-order valence-corrected chi connectivity index (χ2v) is 4.26. The van der Waals surface area contributed by atoms with Crippen molar-refractivity contribution in [3.8, 4) is 0 Å². The third kappa shape index (κ3) is 2.55. The van der Waals surface area contributed by atoms with E-state index in [0.29, 0.717) is 12.1 Å². The normalized spacial score (nSPS) is 34.9. The molecule has 0 aromatic rings. The molecule has 0 aromatic heterocycles. The zero-order chi connectivity index (χ0) is 12.3. The first kappa shape index (κ1) is 12.6. The molecule has 3 unspecified atom stereocenters. The van der Waals surface area contributed by atoms with Gasteiger partial charge in [-0.3, -0.25) is 5.01 Å². The van der Waals surface area contributed by atoms with Crippen LogP contribution in [0, 0.1) is 0 Å². The molecular formula is C11H21N3O3. The van der Waals surface area contributed by atoms with Gasteiger partial charge in [0, 0.05) is 19.0 Å². The van der Waals surface area contributed by atoms with Crippen LogP contribution in [-0.2, 0) is 9.47 Å². The molecule has 3 rings (SSSR count). The first-order chi connectivity index (χ1) is 8.36. The Morgan fingerprint density at radius 1 is 1.47 bits per heavy atom. The summed E-state index contributed by atoms with van der Waals surface area (Å²) in [6.07, 6.45) is 5.59. The van der Waals surface area contributed by atoms with E-state index in [1.807, 2.05) is 0 Å². The monoisotopic (exact) mass is 243 g/mol. The number of hydrazine groups is 2. The standard InChI is InChI=1S/C10H17N3O2.CH4O/c1-2-7-5-13(12-11-7)9-4-3-8-6-14-10(9)15-8;1-2/h5,8-12H,2-4,6H2,1H3;2H,1H3. The lowest BCUT2D eigenvalue weighted by atomic mass is 10.1. The van der Waals surface area contributed by atoms with E-state index in [0.717, 1.165) is 33.0 Å². The zero-order valence-corrected chi connectivity index (χ0v) is 10.3. The maximum absolute atomic E-state index is 7.00. The fraction of sp³-hybridized carbons (Fsp3) is 0.818.